The van der Waals surface area contributed by atoms with E-state index in [1.165, 1.54) is 0 Å². The highest BCUT2D eigenvalue weighted by atomic mass is 32.2. The van der Waals surface area contributed by atoms with E-state index in [4.69, 9.17) is 0 Å². The van der Waals surface area contributed by atoms with Crippen LogP contribution in [0, 0.1) is 0 Å². The van der Waals surface area contributed by atoms with Crippen molar-refractivity contribution in [3.63, 3.8) is 0 Å². The summed E-state index contributed by atoms with van der Waals surface area (Å²) in [4.78, 5) is 6.54. The molecule has 0 bridgehead atoms. The largest absolute Gasteiger partial charge is 0.378 e. The Balaban J connectivity index is 2.16. The van der Waals surface area contributed by atoms with Gasteiger partial charge >= 0.3 is 0 Å². The average Bonchev–Trinajstić information content (AvgIpc) is 2.88. The van der Waals surface area contributed by atoms with Gasteiger partial charge in [-0.1, -0.05) is 12.1 Å². The first-order chi connectivity index (χ1) is 10.8. The summed E-state index contributed by atoms with van der Waals surface area (Å²) in [5.74, 6) is 0. The topological polar surface area (TPSA) is 62.3 Å². The summed E-state index contributed by atoms with van der Waals surface area (Å²) in [6.45, 7) is 0. The molecule has 3 rings (SSSR count). The number of thiazole rings is 1. The predicted molar refractivity (Wildman–Crippen MR) is 97.8 cm³/mol. The molecule has 1 N–H and O–H groups in total. The minimum absolute atomic E-state index is 0.540. The van der Waals surface area contributed by atoms with Crippen molar-refractivity contribution < 1.29 is 8.42 Å². The van der Waals surface area contributed by atoms with Gasteiger partial charge in [0.05, 0.1) is 22.2 Å². The highest BCUT2D eigenvalue weighted by molar-refractivity contribution is 7.92. The lowest BCUT2D eigenvalue weighted by Crippen LogP contribution is -2.13. The molecule has 0 radical (unpaired) electrons. The molecule has 1 heterocycles. The van der Waals surface area contributed by atoms with E-state index < -0.39 is 10.0 Å². The molecule has 23 heavy (non-hydrogen) atoms. The van der Waals surface area contributed by atoms with E-state index in [2.05, 4.69) is 9.71 Å². The van der Waals surface area contributed by atoms with E-state index >= 15 is 0 Å². The molecule has 0 aliphatic heterocycles. The lowest BCUT2D eigenvalue weighted by atomic mass is 10.1. The third-order valence-corrected chi connectivity index (χ3v) is 5.00. The molecule has 0 saturated heterocycles. The van der Waals surface area contributed by atoms with Gasteiger partial charge in [0.15, 0.2) is 0 Å². The zero-order valence-electron chi connectivity index (χ0n) is 13.1. The molecular weight excluding hydrogens is 330 g/mol. The van der Waals surface area contributed by atoms with E-state index in [0.29, 0.717) is 5.69 Å². The van der Waals surface area contributed by atoms with E-state index in [1.54, 1.807) is 11.3 Å². The highest BCUT2D eigenvalue weighted by Gasteiger charge is 2.14. The van der Waals surface area contributed by atoms with Gasteiger partial charge in [0.2, 0.25) is 10.0 Å². The van der Waals surface area contributed by atoms with Crippen LogP contribution in [0.15, 0.2) is 42.5 Å². The Labute approximate surface area is 139 Å². The molecule has 0 spiro atoms. The molecule has 0 atom stereocenters. The van der Waals surface area contributed by atoms with Gasteiger partial charge in [-0.25, -0.2) is 13.4 Å². The van der Waals surface area contributed by atoms with Crippen LogP contribution in [0.4, 0.5) is 11.4 Å². The summed E-state index contributed by atoms with van der Waals surface area (Å²) in [6, 6.07) is 13.5. The second-order valence-electron chi connectivity index (χ2n) is 5.49. The maximum absolute atomic E-state index is 11.7. The molecule has 0 amide bonds. The first kappa shape index (κ1) is 15.8. The summed E-state index contributed by atoms with van der Waals surface area (Å²) in [5, 5.41) is 0.794. The Kier molecular flexibility index (Phi) is 3.99. The van der Waals surface area contributed by atoms with Crippen LogP contribution in [0.3, 0.4) is 0 Å². The van der Waals surface area contributed by atoms with E-state index in [-0.39, 0.29) is 0 Å². The standard InChI is InChI=1S/C16H17N3O2S2/c1-19(2)11-8-9-12(14(10-11)18-23(3,20)21)16-17-13-6-4-5-7-15(13)22-16/h4-10,18H,1-3H3. The van der Waals surface area contributed by atoms with Gasteiger partial charge < -0.3 is 4.90 Å². The molecule has 2 aromatic carbocycles. The predicted octanol–water partition coefficient (Wildman–Crippen LogP) is 3.40. The molecule has 0 aliphatic rings. The van der Waals surface area contributed by atoms with Crippen molar-refractivity contribution in [1.29, 1.82) is 0 Å². The molecule has 5 nitrogen and oxygen atoms in total. The summed E-state index contributed by atoms with van der Waals surface area (Å²) in [5.41, 5.74) is 3.15. The van der Waals surface area contributed by atoms with Crippen LogP contribution >= 0.6 is 11.3 Å². The van der Waals surface area contributed by atoms with Crippen molar-refractivity contribution in [1.82, 2.24) is 4.98 Å². The number of nitrogens with one attached hydrogen (secondary N) is 1. The van der Waals surface area contributed by atoms with Gasteiger partial charge in [0, 0.05) is 25.3 Å². The second-order valence-corrected chi connectivity index (χ2v) is 8.26. The van der Waals surface area contributed by atoms with E-state index in [0.717, 1.165) is 32.7 Å². The number of hydrogen-bond donors (Lipinski definition) is 1. The Bertz CT molecular complexity index is 929. The van der Waals surface area contributed by atoms with Crippen molar-refractivity contribution in [3.8, 4) is 10.6 Å². The van der Waals surface area contributed by atoms with Gasteiger partial charge in [-0.05, 0) is 30.3 Å². The highest BCUT2D eigenvalue weighted by Crippen LogP contribution is 2.36. The van der Waals surface area contributed by atoms with E-state index in [9.17, 15) is 8.42 Å². The monoisotopic (exact) mass is 347 g/mol. The van der Waals surface area contributed by atoms with Crippen LogP contribution in [0.1, 0.15) is 0 Å². The van der Waals surface area contributed by atoms with Crippen LogP contribution < -0.4 is 9.62 Å². The molecule has 3 aromatic rings. The zero-order valence-corrected chi connectivity index (χ0v) is 14.7. The SMILES string of the molecule is CN(C)c1ccc(-c2nc3ccccc3s2)c(NS(C)(=O)=O)c1. The number of para-hydroxylation sites is 1. The summed E-state index contributed by atoms with van der Waals surface area (Å²) < 4.78 is 27.1. The maximum atomic E-state index is 11.7. The molecule has 0 fully saturated rings. The molecule has 0 saturated carbocycles. The number of hydrogen-bond acceptors (Lipinski definition) is 5. The molecule has 7 heteroatoms. The number of anilines is 2. The van der Waals surface area contributed by atoms with Crippen LogP contribution in [-0.2, 0) is 10.0 Å². The van der Waals surface area contributed by atoms with Gasteiger partial charge in [0.1, 0.15) is 5.01 Å². The third kappa shape index (κ3) is 3.46. The van der Waals surface area contributed by atoms with Gasteiger partial charge in [-0.3, -0.25) is 4.72 Å². The number of aromatic nitrogens is 1. The number of nitrogens with zero attached hydrogens (tertiary/aromatic N) is 2. The van der Waals surface area contributed by atoms with Gasteiger partial charge in [0.25, 0.3) is 0 Å². The third-order valence-electron chi connectivity index (χ3n) is 3.34. The van der Waals surface area contributed by atoms with Crippen LogP contribution in [0.5, 0.6) is 0 Å². The Hall–Kier alpha value is -2.12. The van der Waals surface area contributed by atoms with Gasteiger partial charge in [-0.15, -0.1) is 11.3 Å². The zero-order chi connectivity index (χ0) is 16.6. The number of rotatable bonds is 4. The fourth-order valence-electron chi connectivity index (χ4n) is 2.27. The fraction of sp³-hybridized carbons (Fsp3) is 0.188. The number of benzene rings is 2. The second kappa shape index (κ2) is 5.82. The summed E-state index contributed by atoms with van der Waals surface area (Å²) in [7, 11) is 0.455. The van der Waals surface area contributed by atoms with Crippen LogP contribution in [0.25, 0.3) is 20.8 Å². The molecular formula is C16H17N3O2S2. The fourth-order valence-corrected chi connectivity index (χ4v) is 3.84. The van der Waals surface area contributed by atoms with Crippen molar-refractivity contribution >= 4 is 43.0 Å². The van der Waals surface area contributed by atoms with Gasteiger partial charge in [-0.2, -0.15) is 0 Å². The maximum Gasteiger partial charge on any atom is 0.229 e. The van der Waals surface area contributed by atoms with E-state index in [1.807, 2.05) is 61.5 Å². The molecule has 120 valence electrons. The van der Waals surface area contributed by atoms with Crippen molar-refractivity contribution in [2.45, 2.75) is 0 Å². The Morgan fingerprint density at radius 1 is 1.13 bits per heavy atom. The lowest BCUT2D eigenvalue weighted by Gasteiger charge is -2.16. The normalized spacial score (nSPS) is 11.6. The van der Waals surface area contributed by atoms with Crippen molar-refractivity contribution in [2.24, 2.45) is 0 Å². The molecule has 1 aromatic heterocycles. The van der Waals surface area contributed by atoms with Crippen molar-refractivity contribution in [2.75, 3.05) is 30.0 Å². The summed E-state index contributed by atoms with van der Waals surface area (Å²) >= 11 is 1.55. The first-order valence-corrected chi connectivity index (χ1v) is 9.69. The van der Waals surface area contributed by atoms with Crippen LogP contribution in [0.2, 0.25) is 0 Å². The molecule has 0 aliphatic carbocycles. The minimum atomic E-state index is -3.37. The minimum Gasteiger partial charge on any atom is -0.378 e. The Morgan fingerprint density at radius 3 is 2.52 bits per heavy atom. The van der Waals surface area contributed by atoms with Crippen LogP contribution in [-0.4, -0.2) is 33.8 Å². The average molecular weight is 347 g/mol. The lowest BCUT2D eigenvalue weighted by molar-refractivity contribution is 0.607. The quantitative estimate of drug-likeness (QED) is 0.786. The first-order valence-electron chi connectivity index (χ1n) is 6.98. The molecule has 0 unspecified atom stereocenters. The Morgan fingerprint density at radius 2 is 1.87 bits per heavy atom. The van der Waals surface area contributed by atoms with Crippen molar-refractivity contribution in [3.05, 3.63) is 42.5 Å². The number of fused-ring (bicyclic) bond motifs is 1. The summed E-state index contributed by atoms with van der Waals surface area (Å²) in [6.07, 6.45) is 1.15. The smallest absolute Gasteiger partial charge is 0.229 e. The number of sulfonamides is 1.